The first-order chi connectivity index (χ1) is 6.98. The summed E-state index contributed by atoms with van der Waals surface area (Å²) in [6, 6.07) is 4.90. The lowest BCUT2D eigenvalue weighted by atomic mass is 10.3. The van der Waals surface area contributed by atoms with Crippen LogP contribution in [0.1, 0.15) is 6.92 Å². The summed E-state index contributed by atoms with van der Waals surface area (Å²) in [7, 11) is -4.50. The normalized spacial score (nSPS) is 11.7. The fraction of sp³-hybridized carbons (Fsp3) is 0.333. The molecule has 0 saturated heterocycles. The molecule has 0 aromatic heterocycles. The molecule has 0 N–H and O–H groups in total. The zero-order valence-corrected chi connectivity index (χ0v) is 8.80. The third-order valence-corrected chi connectivity index (χ3v) is 3.10. The molecular weight excluding hydrogens is 226 g/mol. The smallest absolute Gasteiger partial charge is 0.341 e. The van der Waals surface area contributed by atoms with Crippen LogP contribution in [0.2, 0.25) is 0 Å². The van der Waals surface area contributed by atoms with Gasteiger partial charge < -0.3 is 4.74 Å². The standard InChI is InChI=1S/C9H10F2O3S/c1-2-14-7-3-5-8(6-4-7)15(12,13)9(10)11/h3-6,9H,2H2,1H3. The Bertz CT molecular complexity index is 411. The molecule has 0 atom stereocenters. The molecule has 0 unspecified atom stereocenters. The van der Waals surface area contributed by atoms with E-state index in [2.05, 4.69) is 0 Å². The van der Waals surface area contributed by atoms with Crippen LogP contribution in [0.15, 0.2) is 29.2 Å². The molecular formula is C9H10F2O3S. The van der Waals surface area contributed by atoms with Gasteiger partial charge in [0.1, 0.15) is 5.75 Å². The van der Waals surface area contributed by atoms with E-state index in [1.165, 1.54) is 12.1 Å². The van der Waals surface area contributed by atoms with Crippen LogP contribution in [0.4, 0.5) is 8.78 Å². The van der Waals surface area contributed by atoms with Crippen LogP contribution in [-0.4, -0.2) is 20.8 Å². The molecule has 0 amide bonds. The predicted octanol–water partition coefficient (Wildman–Crippen LogP) is 2.08. The van der Waals surface area contributed by atoms with Gasteiger partial charge in [0.15, 0.2) is 0 Å². The molecule has 0 heterocycles. The molecule has 0 radical (unpaired) electrons. The molecule has 3 nitrogen and oxygen atoms in total. The van der Waals surface area contributed by atoms with Gasteiger partial charge in [-0.25, -0.2) is 8.42 Å². The fourth-order valence-corrected chi connectivity index (χ4v) is 1.72. The van der Waals surface area contributed by atoms with Crippen LogP contribution in [-0.2, 0) is 9.84 Å². The van der Waals surface area contributed by atoms with E-state index in [-0.39, 0.29) is 0 Å². The van der Waals surface area contributed by atoms with Gasteiger partial charge in [0.05, 0.1) is 11.5 Å². The molecule has 0 aliphatic rings. The van der Waals surface area contributed by atoms with Crippen LogP contribution in [0.25, 0.3) is 0 Å². The molecule has 1 aromatic carbocycles. The van der Waals surface area contributed by atoms with Gasteiger partial charge in [-0.15, -0.1) is 0 Å². The second-order valence-electron chi connectivity index (χ2n) is 2.71. The zero-order chi connectivity index (χ0) is 11.5. The second kappa shape index (κ2) is 4.57. The number of sulfone groups is 1. The van der Waals surface area contributed by atoms with Gasteiger partial charge in [0.25, 0.3) is 0 Å². The van der Waals surface area contributed by atoms with Crippen molar-refractivity contribution < 1.29 is 21.9 Å². The summed E-state index contributed by atoms with van der Waals surface area (Å²) in [4.78, 5) is -0.402. The number of rotatable bonds is 4. The van der Waals surface area contributed by atoms with Gasteiger partial charge >= 0.3 is 5.76 Å². The average Bonchev–Trinajstić information content (AvgIpc) is 2.19. The fourth-order valence-electron chi connectivity index (χ4n) is 0.995. The van der Waals surface area contributed by atoms with Crippen molar-refractivity contribution in [3.63, 3.8) is 0 Å². The quantitative estimate of drug-likeness (QED) is 0.803. The summed E-state index contributed by atoms with van der Waals surface area (Å²) in [5, 5.41) is 0. The van der Waals surface area contributed by atoms with Gasteiger partial charge in [-0.2, -0.15) is 8.78 Å². The van der Waals surface area contributed by atoms with E-state index < -0.39 is 20.5 Å². The molecule has 15 heavy (non-hydrogen) atoms. The first kappa shape index (κ1) is 11.9. The molecule has 0 spiro atoms. The van der Waals surface area contributed by atoms with Gasteiger partial charge in [-0.1, -0.05) is 0 Å². The van der Waals surface area contributed by atoms with E-state index in [0.717, 1.165) is 12.1 Å². The van der Waals surface area contributed by atoms with Crippen molar-refractivity contribution in [2.75, 3.05) is 6.61 Å². The maximum absolute atomic E-state index is 12.1. The van der Waals surface area contributed by atoms with Gasteiger partial charge in [0.2, 0.25) is 9.84 Å². The Labute approximate surface area is 86.6 Å². The number of hydrogen-bond acceptors (Lipinski definition) is 3. The lowest BCUT2D eigenvalue weighted by molar-refractivity contribution is 0.234. The lowest BCUT2D eigenvalue weighted by Gasteiger charge is -2.05. The number of alkyl halides is 2. The van der Waals surface area contributed by atoms with Gasteiger partial charge in [-0.3, -0.25) is 0 Å². The minimum Gasteiger partial charge on any atom is -0.494 e. The Morgan fingerprint density at radius 2 is 1.80 bits per heavy atom. The first-order valence-electron chi connectivity index (χ1n) is 4.23. The molecule has 0 fully saturated rings. The highest BCUT2D eigenvalue weighted by Gasteiger charge is 2.26. The predicted molar refractivity (Wildman–Crippen MR) is 50.8 cm³/mol. The third-order valence-electron chi connectivity index (χ3n) is 1.70. The van der Waals surface area contributed by atoms with Crippen molar-refractivity contribution in [1.82, 2.24) is 0 Å². The molecule has 0 bridgehead atoms. The Balaban J connectivity index is 2.99. The maximum Gasteiger partial charge on any atom is 0.341 e. The van der Waals surface area contributed by atoms with E-state index in [1.807, 2.05) is 0 Å². The average molecular weight is 236 g/mol. The Kier molecular flexibility index (Phi) is 3.62. The molecule has 0 aliphatic heterocycles. The van der Waals surface area contributed by atoms with E-state index in [0.29, 0.717) is 12.4 Å². The molecule has 0 saturated carbocycles. The highest BCUT2D eigenvalue weighted by atomic mass is 32.2. The van der Waals surface area contributed by atoms with Crippen LogP contribution < -0.4 is 4.74 Å². The van der Waals surface area contributed by atoms with Crippen molar-refractivity contribution >= 4 is 9.84 Å². The van der Waals surface area contributed by atoms with E-state index in [9.17, 15) is 17.2 Å². The third kappa shape index (κ3) is 2.65. The highest BCUT2D eigenvalue weighted by Crippen LogP contribution is 2.20. The van der Waals surface area contributed by atoms with Crippen molar-refractivity contribution in [2.24, 2.45) is 0 Å². The van der Waals surface area contributed by atoms with E-state index in [1.54, 1.807) is 6.92 Å². The van der Waals surface area contributed by atoms with Crippen LogP contribution in [0.5, 0.6) is 5.75 Å². The SMILES string of the molecule is CCOc1ccc(S(=O)(=O)C(F)F)cc1. The van der Waals surface area contributed by atoms with Crippen LogP contribution in [0, 0.1) is 0 Å². The maximum atomic E-state index is 12.1. The number of benzene rings is 1. The molecule has 1 aromatic rings. The van der Waals surface area contributed by atoms with Crippen LogP contribution in [0.3, 0.4) is 0 Å². The van der Waals surface area contributed by atoms with E-state index in [4.69, 9.17) is 4.74 Å². The summed E-state index contributed by atoms with van der Waals surface area (Å²) < 4.78 is 51.3. The minimum atomic E-state index is -4.50. The number of hydrogen-bond donors (Lipinski definition) is 0. The summed E-state index contributed by atoms with van der Waals surface area (Å²) >= 11 is 0. The monoisotopic (exact) mass is 236 g/mol. The lowest BCUT2D eigenvalue weighted by Crippen LogP contribution is -2.11. The molecule has 0 aliphatic carbocycles. The summed E-state index contributed by atoms with van der Waals surface area (Å²) in [5.74, 6) is -2.94. The number of halogens is 2. The Morgan fingerprint density at radius 1 is 1.27 bits per heavy atom. The molecule has 6 heteroatoms. The Morgan fingerprint density at radius 3 is 2.20 bits per heavy atom. The number of ether oxygens (including phenoxy) is 1. The van der Waals surface area contributed by atoms with Gasteiger partial charge in [0, 0.05) is 0 Å². The van der Waals surface area contributed by atoms with Crippen LogP contribution >= 0.6 is 0 Å². The Hall–Kier alpha value is -1.17. The van der Waals surface area contributed by atoms with Crippen molar-refractivity contribution in [3.8, 4) is 5.75 Å². The van der Waals surface area contributed by atoms with Crippen molar-refractivity contribution in [2.45, 2.75) is 17.6 Å². The minimum absolute atomic E-state index is 0.402. The summed E-state index contributed by atoms with van der Waals surface area (Å²) in [6.45, 7) is 2.20. The largest absolute Gasteiger partial charge is 0.494 e. The summed E-state index contributed by atoms with van der Waals surface area (Å²) in [6.07, 6.45) is 0. The molecule has 1 rings (SSSR count). The highest BCUT2D eigenvalue weighted by molar-refractivity contribution is 7.91. The first-order valence-corrected chi connectivity index (χ1v) is 5.78. The van der Waals surface area contributed by atoms with E-state index >= 15 is 0 Å². The van der Waals surface area contributed by atoms with Crippen molar-refractivity contribution in [1.29, 1.82) is 0 Å². The van der Waals surface area contributed by atoms with Crippen molar-refractivity contribution in [3.05, 3.63) is 24.3 Å². The zero-order valence-electron chi connectivity index (χ0n) is 7.98. The topological polar surface area (TPSA) is 43.4 Å². The second-order valence-corrected chi connectivity index (χ2v) is 4.63. The van der Waals surface area contributed by atoms with Gasteiger partial charge in [-0.05, 0) is 31.2 Å². The molecule has 84 valence electrons. The summed E-state index contributed by atoms with van der Waals surface area (Å²) in [5.41, 5.74) is 0.